The second kappa shape index (κ2) is 13.7. The van der Waals surface area contributed by atoms with Crippen molar-refractivity contribution in [2.45, 2.75) is 88.7 Å². The lowest BCUT2D eigenvalue weighted by Crippen LogP contribution is -2.61. The molecule has 9 rings (SSSR count). The molecule has 3 atom stereocenters. The number of nitrogens with one attached hydrogen (secondary N) is 2. The molecule has 8 nitrogen and oxygen atoms in total. The van der Waals surface area contributed by atoms with Gasteiger partial charge in [-0.2, -0.15) is 0 Å². The second-order valence-electron chi connectivity index (χ2n) is 14.7. The maximum Gasteiger partial charge on any atom is 0.315 e. The van der Waals surface area contributed by atoms with E-state index in [1.807, 2.05) is 42.5 Å². The highest BCUT2D eigenvalue weighted by Gasteiger charge is 2.51. The van der Waals surface area contributed by atoms with Crippen molar-refractivity contribution < 1.29 is 19.4 Å². The molecule has 0 spiro atoms. The fourth-order valence-electron chi connectivity index (χ4n) is 9.18. The standard InChI is InChI=1S/C39H42Cl2N4O4/c40-35-36(41)45(23-43-35)21-33-16-34(29-9-7-24(22-46)8-10-29)49-37(48-33)32-6-2-5-31(15-32)30-4-1-3-25(14-30)20-42-38(47)44-39-17-26-11-27(18-39)13-28(12-26)19-39/h1-10,14-15,23,26-28,33-34,37,46H,11-13,16-22H2,(H2,42,44,47)/t26?,27?,28?,33-,34+,37+,39?/m1/s1. The molecule has 3 N–H and O–H groups in total. The lowest BCUT2D eigenvalue weighted by molar-refractivity contribution is -0.252. The largest absolute Gasteiger partial charge is 0.392 e. The number of hydrogen-bond acceptors (Lipinski definition) is 5. The van der Waals surface area contributed by atoms with E-state index in [0.29, 0.717) is 24.7 Å². The summed E-state index contributed by atoms with van der Waals surface area (Å²) in [5, 5.41) is 16.7. The van der Waals surface area contributed by atoms with Crippen molar-refractivity contribution in [3.63, 3.8) is 0 Å². The van der Waals surface area contributed by atoms with E-state index in [1.165, 1.54) is 19.3 Å². The molecule has 3 aromatic carbocycles. The fourth-order valence-corrected chi connectivity index (χ4v) is 9.49. The van der Waals surface area contributed by atoms with E-state index in [1.54, 1.807) is 10.9 Å². The third-order valence-corrected chi connectivity index (χ3v) is 11.8. The molecule has 4 saturated carbocycles. The summed E-state index contributed by atoms with van der Waals surface area (Å²) in [5.74, 6) is 2.36. The number of imidazole rings is 1. The van der Waals surface area contributed by atoms with Crippen molar-refractivity contribution in [2.75, 3.05) is 0 Å². The molecule has 1 aliphatic heterocycles. The van der Waals surface area contributed by atoms with Gasteiger partial charge in [-0.25, -0.2) is 9.78 Å². The number of carbonyl (C=O) groups is 1. The van der Waals surface area contributed by atoms with Crippen LogP contribution in [0, 0.1) is 17.8 Å². The van der Waals surface area contributed by atoms with Gasteiger partial charge in [-0.05, 0) is 96.2 Å². The van der Waals surface area contributed by atoms with Gasteiger partial charge < -0.3 is 29.8 Å². The average molecular weight is 702 g/mol. The van der Waals surface area contributed by atoms with E-state index < -0.39 is 6.29 Å². The molecule has 1 aromatic heterocycles. The van der Waals surface area contributed by atoms with Gasteiger partial charge in [0.1, 0.15) is 5.15 Å². The quantitative estimate of drug-likeness (QED) is 0.163. The Kier molecular flexibility index (Phi) is 9.18. The summed E-state index contributed by atoms with van der Waals surface area (Å²) in [7, 11) is 0. The number of nitrogens with zero attached hydrogens (tertiary/aromatic N) is 2. The third-order valence-electron chi connectivity index (χ3n) is 11.0. The van der Waals surface area contributed by atoms with Gasteiger partial charge >= 0.3 is 6.03 Å². The normalized spacial score (nSPS) is 28.8. The first-order valence-corrected chi connectivity index (χ1v) is 18.2. The molecule has 2 heterocycles. The summed E-state index contributed by atoms with van der Waals surface area (Å²) in [5.41, 5.74) is 5.85. The van der Waals surface area contributed by atoms with Crippen LogP contribution >= 0.6 is 23.2 Å². The number of aliphatic hydroxyl groups is 1. The highest BCUT2D eigenvalue weighted by atomic mass is 35.5. The minimum Gasteiger partial charge on any atom is -0.392 e. The summed E-state index contributed by atoms with van der Waals surface area (Å²) in [6, 6.07) is 24.3. The van der Waals surface area contributed by atoms with Crippen molar-refractivity contribution in [3.8, 4) is 11.1 Å². The van der Waals surface area contributed by atoms with Gasteiger partial charge in [0.15, 0.2) is 11.4 Å². The van der Waals surface area contributed by atoms with Crippen LogP contribution in [0.4, 0.5) is 4.79 Å². The molecule has 0 radical (unpaired) electrons. The maximum atomic E-state index is 13.1. The van der Waals surface area contributed by atoms with Crippen molar-refractivity contribution in [1.82, 2.24) is 20.2 Å². The molecule has 5 fully saturated rings. The Hall–Kier alpha value is -3.40. The predicted molar refractivity (Wildman–Crippen MR) is 189 cm³/mol. The molecule has 5 aliphatic rings. The number of aliphatic hydroxyl groups excluding tert-OH is 1. The van der Waals surface area contributed by atoms with Gasteiger partial charge in [0.05, 0.1) is 31.7 Å². The van der Waals surface area contributed by atoms with Gasteiger partial charge in [0.25, 0.3) is 0 Å². The lowest BCUT2D eigenvalue weighted by Gasteiger charge is -2.56. The van der Waals surface area contributed by atoms with Gasteiger partial charge in [0.2, 0.25) is 0 Å². The molecule has 4 aliphatic carbocycles. The van der Waals surface area contributed by atoms with Crippen LogP contribution in [-0.2, 0) is 29.2 Å². The molecule has 1 saturated heterocycles. The molecule has 2 amide bonds. The van der Waals surface area contributed by atoms with E-state index in [-0.39, 0.29) is 35.5 Å². The summed E-state index contributed by atoms with van der Waals surface area (Å²) in [4.78, 5) is 17.3. The molecule has 4 bridgehead atoms. The van der Waals surface area contributed by atoms with E-state index in [2.05, 4.69) is 45.9 Å². The number of halogens is 2. The van der Waals surface area contributed by atoms with Gasteiger partial charge in [-0.3, -0.25) is 0 Å². The van der Waals surface area contributed by atoms with Crippen LogP contribution in [0.5, 0.6) is 0 Å². The Morgan fingerprint density at radius 3 is 2.22 bits per heavy atom. The van der Waals surface area contributed by atoms with Crippen molar-refractivity contribution in [2.24, 2.45) is 17.8 Å². The highest BCUT2D eigenvalue weighted by Crippen LogP contribution is 2.55. The predicted octanol–water partition coefficient (Wildman–Crippen LogP) is 8.36. The molecule has 256 valence electrons. The van der Waals surface area contributed by atoms with Gasteiger partial charge in [-0.15, -0.1) is 0 Å². The topological polar surface area (TPSA) is 97.6 Å². The van der Waals surface area contributed by atoms with E-state index in [4.69, 9.17) is 32.7 Å². The van der Waals surface area contributed by atoms with E-state index in [9.17, 15) is 9.90 Å². The molecular weight excluding hydrogens is 659 g/mol. The Morgan fingerprint density at radius 1 is 0.857 bits per heavy atom. The summed E-state index contributed by atoms with van der Waals surface area (Å²) >= 11 is 12.5. The van der Waals surface area contributed by atoms with Crippen LogP contribution in [-0.4, -0.2) is 32.3 Å². The van der Waals surface area contributed by atoms with E-state index >= 15 is 0 Å². The fraction of sp³-hybridized carbons (Fsp3) is 0.436. The number of amides is 2. The van der Waals surface area contributed by atoms with Crippen LogP contribution in [0.2, 0.25) is 10.3 Å². The first-order chi connectivity index (χ1) is 23.8. The Balaban J connectivity index is 0.968. The van der Waals surface area contributed by atoms with Crippen LogP contribution in [0.1, 0.15) is 79.6 Å². The van der Waals surface area contributed by atoms with Crippen molar-refractivity contribution in [3.05, 3.63) is 112 Å². The Morgan fingerprint density at radius 2 is 1.55 bits per heavy atom. The van der Waals surface area contributed by atoms with Crippen LogP contribution in [0.25, 0.3) is 11.1 Å². The number of ether oxygens (including phenoxy) is 2. The molecule has 49 heavy (non-hydrogen) atoms. The number of aromatic nitrogens is 2. The number of rotatable bonds is 9. The van der Waals surface area contributed by atoms with Crippen molar-refractivity contribution >= 4 is 29.2 Å². The van der Waals surface area contributed by atoms with Gasteiger partial charge in [0, 0.05) is 24.1 Å². The zero-order chi connectivity index (χ0) is 33.5. The third kappa shape index (κ3) is 7.12. The Labute approximate surface area is 297 Å². The first kappa shape index (κ1) is 32.8. The molecular formula is C39H42Cl2N4O4. The Bertz CT molecular complexity index is 1780. The SMILES string of the molecule is O=C(NCc1cccc(-c2cccc([C@H]3O[C@@H](Cn4cnc(Cl)c4Cl)C[C@@H](c4ccc(CO)cc4)O3)c2)c1)NC12CC3CC(CC(C3)C1)C2. The molecule has 4 aromatic rings. The smallest absolute Gasteiger partial charge is 0.315 e. The number of hydrogen-bond donors (Lipinski definition) is 3. The summed E-state index contributed by atoms with van der Waals surface area (Å²) in [6.45, 7) is 0.911. The minimum atomic E-state index is -0.628. The molecule has 0 unspecified atom stereocenters. The minimum absolute atomic E-state index is 0.0106. The van der Waals surface area contributed by atoms with Crippen LogP contribution in [0.15, 0.2) is 79.1 Å². The highest BCUT2D eigenvalue weighted by molar-refractivity contribution is 6.40. The maximum absolute atomic E-state index is 13.1. The number of urea groups is 1. The van der Waals surface area contributed by atoms with Crippen LogP contribution < -0.4 is 10.6 Å². The average Bonchev–Trinajstić information content (AvgIpc) is 3.42. The molecule has 10 heteroatoms. The lowest BCUT2D eigenvalue weighted by atomic mass is 9.53. The monoisotopic (exact) mass is 700 g/mol. The first-order valence-electron chi connectivity index (χ1n) is 17.4. The number of benzene rings is 3. The summed E-state index contributed by atoms with van der Waals surface area (Å²) in [6.07, 6.45) is 8.59. The zero-order valence-corrected chi connectivity index (χ0v) is 28.9. The number of carbonyl (C=O) groups excluding carboxylic acids is 1. The summed E-state index contributed by atoms with van der Waals surface area (Å²) < 4.78 is 14.9. The van der Waals surface area contributed by atoms with Crippen molar-refractivity contribution in [1.29, 1.82) is 0 Å². The van der Waals surface area contributed by atoms with E-state index in [0.717, 1.165) is 70.4 Å². The second-order valence-corrected chi connectivity index (χ2v) is 15.4. The van der Waals surface area contributed by atoms with Crippen LogP contribution in [0.3, 0.4) is 0 Å². The van der Waals surface area contributed by atoms with Gasteiger partial charge in [-0.1, -0.05) is 83.9 Å². The zero-order valence-electron chi connectivity index (χ0n) is 27.4.